The van der Waals surface area contributed by atoms with E-state index in [-0.39, 0.29) is 0 Å². The fraction of sp³-hybridized carbons (Fsp3) is 0.308. The largest absolute Gasteiger partial charge is 0.548 e. The number of fused-ring (bicyclic) bond motifs is 1. The molecule has 0 spiro atoms. The first-order valence-corrected chi connectivity index (χ1v) is 8.17. The first-order valence-electron chi connectivity index (χ1n) is 5.98. The van der Waals surface area contributed by atoms with Crippen molar-refractivity contribution in [2.24, 2.45) is 0 Å². The molecule has 1 N–H and O–H groups in total. The maximum absolute atomic E-state index is 11.2. The number of hydrogen-bond donors (Lipinski definition) is 1. The van der Waals surface area contributed by atoms with Gasteiger partial charge in [0.2, 0.25) is 0 Å². The maximum Gasteiger partial charge on any atom is 0.137 e. The van der Waals surface area contributed by atoms with Crippen LogP contribution in [-0.2, 0) is 4.79 Å². The van der Waals surface area contributed by atoms with Crippen LogP contribution in [0.5, 0.6) is 0 Å². The molecule has 2 aromatic rings. The number of nitrogens with zero attached hydrogens (tertiary/aromatic N) is 2. The molecule has 1 aromatic carbocycles. The third-order valence-electron chi connectivity index (χ3n) is 2.80. The van der Waals surface area contributed by atoms with Gasteiger partial charge in [-0.15, -0.1) is 0 Å². The van der Waals surface area contributed by atoms with E-state index >= 15 is 0 Å². The van der Waals surface area contributed by atoms with Crippen molar-refractivity contribution < 1.29 is 9.90 Å². The summed E-state index contributed by atoms with van der Waals surface area (Å²) in [6, 6.07) is 4.82. The highest BCUT2D eigenvalue weighted by molar-refractivity contribution is 9.10. The number of aliphatic carboxylic acids is 1. The average molecular weight is 355 g/mol. The summed E-state index contributed by atoms with van der Waals surface area (Å²) in [5.74, 6) is 0.116. The van der Waals surface area contributed by atoms with Crippen LogP contribution >= 0.6 is 27.7 Å². The zero-order chi connectivity index (χ0) is 14.5. The third kappa shape index (κ3) is 3.61. The first-order chi connectivity index (χ1) is 9.61. The Hall–Kier alpha value is -1.34. The van der Waals surface area contributed by atoms with Crippen LogP contribution in [0.2, 0.25) is 0 Å². The van der Waals surface area contributed by atoms with E-state index in [0.717, 1.165) is 21.1 Å². The van der Waals surface area contributed by atoms with Crippen LogP contribution in [-0.4, -0.2) is 34.0 Å². The topological polar surface area (TPSA) is 77.9 Å². The molecule has 1 heterocycles. The number of carbonyl (C=O) groups excluding carboxylic acids is 1. The summed E-state index contributed by atoms with van der Waals surface area (Å²) < 4.78 is 0.886. The van der Waals surface area contributed by atoms with Crippen LogP contribution in [0.1, 0.15) is 6.42 Å². The number of carboxylic acids is 1. The molecule has 0 bridgehead atoms. The SMILES string of the molecule is CSCCC(Nc1ncnc2ccc(Br)cc12)C(=O)[O-]. The van der Waals surface area contributed by atoms with Crippen molar-refractivity contribution in [3.63, 3.8) is 0 Å². The van der Waals surface area contributed by atoms with E-state index in [9.17, 15) is 9.90 Å². The van der Waals surface area contributed by atoms with E-state index in [2.05, 4.69) is 31.2 Å². The minimum absolute atomic E-state index is 0.475. The van der Waals surface area contributed by atoms with E-state index in [1.54, 1.807) is 11.8 Å². The molecule has 0 amide bonds. The molecule has 0 saturated carbocycles. The Balaban J connectivity index is 2.31. The summed E-state index contributed by atoms with van der Waals surface area (Å²) >= 11 is 4.98. The van der Waals surface area contributed by atoms with Crippen molar-refractivity contribution in [2.75, 3.05) is 17.3 Å². The number of carboxylic acid groups (broad SMARTS) is 1. The molecular formula is C13H13BrN3O2S-. The van der Waals surface area contributed by atoms with Gasteiger partial charge in [-0.25, -0.2) is 9.97 Å². The van der Waals surface area contributed by atoms with Gasteiger partial charge in [0.25, 0.3) is 0 Å². The summed E-state index contributed by atoms with van der Waals surface area (Å²) in [6.07, 6.45) is 3.83. The number of hydrogen-bond acceptors (Lipinski definition) is 6. The minimum Gasteiger partial charge on any atom is -0.548 e. The Bertz CT molecular complexity index is 624. The van der Waals surface area contributed by atoms with Gasteiger partial charge in [-0.1, -0.05) is 15.9 Å². The van der Waals surface area contributed by atoms with E-state index in [1.165, 1.54) is 6.33 Å². The number of rotatable bonds is 6. The summed E-state index contributed by atoms with van der Waals surface area (Å²) in [4.78, 5) is 19.5. The van der Waals surface area contributed by atoms with Gasteiger partial charge in [-0.05, 0) is 36.6 Å². The molecule has 5 nitrogen and oxygen atoms in total. The van der Waals surface area contributed by atoms with Crippen LogP contribution in [0.15, 0.2) is 29.0 Å². The fourth-order valence-electron chi connectivity index (χ4n) is 1.79. The van der Waals surface area contributed by atoms with Crippen LogP contribution < -0.4 is 10.4 Å². The molecule has 0 saturated heterocycles. The fourth-order valence-corrected chi connectivity index (χ4v) is 2.63. The molecule has 2 rings (SSSR count). The predicted molar refractivity (Wildman–Crippen MR) is 82.7 cm³/mol. The molecule has 1 atom stereocenters. The number of nitrogens with one attached hydrogen (secondary N) is 1. The van der Waals surface area contributed by atoms with Gasteiger partial charge < -0.3 is 15.2 Å². The van der Waals surface area contributed by atoms with Crippen molar-refractivity contribution >= 4 is 50.4 Å². The van der Waals surface area contributed by atoms with E-state index in [4.69, 9.17) is 0 Å². The monoisotopic (exact) mass is 354 g/mol. The number of aromatic nitrogens is 2. The number of carbonyl (C=O) groups is 1. The molecular weight excluding hydrogens is 342 g/mol. The second kappa shape index (κ2) is 6.90. The van der Waals surface area contributed by atoms with Crippen molar-refractivity contribution in [1.82, 2.24) is 9.97 Å². The van der Waals surface area contributed by atoms with Crippen LogP contribution in [0.25, 0.3) is 10.9 Å². The molecule has 1 aromatic heterocycles. The molecule has 0 aliphatic rings. The van der Waals surface area contributed by atoms with Crippen molar-refractivity contribution in [2.45, 2.75) is 12.5 Å². The Labute approximate surface area is 129 Å². The molecule has 7 heteroatoms. The Morgan fingerprint density at radius 2 is 2.30 bits per heavy atom. The molecule has 0 radical (unpaired) electrons. The van der Waals surface area contributed by atoms with Gasteiger partial charge in [0, 0.05) is 9.86 Å². The molecule has 1 unspecified atom stereocenters. The summed E-state index contributed by atoms with van der Waals surface area (Å²) in [7, 11) is 0. The lowest BCUT2D eigenvalue weighted by atomic mass is 10.2. The molecule has 20 heavy (non-hydrogen) atoms. The quantitative estimate of drug-likeness (QED) is 0.850. The van der Waals surface area contributed by atoms with Crippen molar-refractivity contribution in [1.29, 1.82) is 0 Å². The molecule has 0 aliphatic heterocycles. The van der Waals surface area contributed by atoms with Crippen LogP contribution in [0.4, 0.5) is 5.82 Å². The predicted octanol–water partition coefficient (Wildman–Crippen LogP) is 1.68. The van der Waals surface area contributed by atoms with E-state index < -0.39 is 12.0 Å². The summed E-state index contributed by atoms with van der Waals surface area (Å²) in [5.41, 5.74) is 0.757. The second-order valence-electron chi connectivity index (χ2n) is 4.18. The molecule has 0 fully saturated rings. The van der Waals surface area contributed by atoms with Gasteiger partial charge in [-0.3, -0.25) is 0 Å². The standard InChI is InChI=1S/C13H14BrN3O2S/c1-20-5-4-11(13(18)19)17-12-9-6-8(14)2-3-10(9)15-7-16-12/h2-3,6-7,11H,4-5H2,1H3,(H,18,19)(H,15,16,17)/p-1. The average Bonchev–Trinajstić information content (AvgIpc) is 2.43. The van der Waals surface area contributed by atoms with Crippen molar-refractivity contribution in [3.05, 3.63) is 29.0 Å². The number of halogens is 1. The Morgan fingerprint density at radius 3 is 3.00 bits per heavy atom. The van der Waals surface area contributed by atoms with Crippen LogP contribution in [0, 0.1) is 0 Å². The highest BCUT2D eigenvalue weighted by Crippen LogP contribution is 2.24. The minimum atomic E-state index is -1.12. The highest BCUT2D eigenvalue weighted by atomic mass is 79.9. The smallest absolute Gasteiger partial charge is 0.137 e. The van der Waals surface area contributed by atoms with Gasteiger partial charge in [0.05, 0.1) is 17.5 Å². The summed E-state index contributed by atoms with van der Waals surface area (Å²) in [6.45, 7) is 0. The van der Waals surface area contributed by atoms with Crippen LogP contribution in [0.3, 0.4) is 0 Å². The summed E-state index contributed by atoms with van der Waals surface area (Å²) in [5, 5.41) is 14.9. The van der Waals surface area contributed by atoms with Gasteiger partial charge in [-0.2, -0.15) is 11.8 Å². The van der Waals surface area contributed by atoms with Gasteiger partial charge >= 0.3 is 0 Å². The second-order valence-corrected chi connectivity index (χ2v) is 6.08. The first kappa shape index (κ1) is 15.1. The van der Waals surface area contributed by atoms with Gasteiger partial charge in [0.1, 0.15) is 12.1 Å². The van der Waals surface area contributed by atoms with E-state index in [1.807, 2.05) is 24.5 Å². The number of anilines is 1. The third-order valence-corrected chi connectivity index (χ3v) is 3.94. The Kier molecular flexibility index (Phi) is 5.19. The highest BCUT2D eigenvalue weighted by Gasteiger charge is 2.12. The maximum atomic E-state index is 11.2. The lowest BCUT2D eigenvalue weighted by Crippen LogP contribution is -2.41. The normalized spacial score (nSPS) is 12.3. The molecule has 106 valence electrons. The number of thioether (sulfide) groups is 1. The van der Waals surface area contributed by atoms with Gasteiger partial charge in [0.15, 0.2) is 0 Å². The van der Waals surface area contributed by atoms with Crippen molar-refractivity contribution in [3.8, 4) is 0 Å². The number of benzene rings is 1. The van der Waals surface area contributed by atoms with E-state index in [0.29, 0.717) is 12.2 Å². The lowest BCUT2D eigenvalue weighted by Gasteiger charge is -2.20. The zero-order valence-electron chi connectivity index (χ0n) is 10.8. The molecule has 0 aliphatic carbocycles. The Morgan fingerprint density at radius 1 is 1.50 bits per heavy atom. The zero-order valence-corrected chi connectivity index (χ0v) is 13.2. The lowest BCUT2D eigenvalue weighted by molar-refractivity contribution is -0.306.